The standard InChI is InChI=1S/C26H43N7O7/c1-2-3-4-5-6-7-8-9-10-11-17(36)27-12-18(37)32-19-21(38)22(39)26(40-23(19)16(35)13-34)33-25-20-24(29-14-28-20)30-15-31-25/h14-16,19,21-23,26,34-35,38-39H,2-13H2,1H3,(H,27,36)(H,32,37)(H2,28,29,30,31,33)/t16-,19+,21+,22+,23-,26-/m0/s1. The van der Waals surface area contributed by atoms with Gasteiger partial charge in [-0.25, -0.2) is 15.0 Å². The number of carbonyl (C=O) groups is 2. The molecule has 14 heteroatoms. The summed E-state index contributed by atoms with van der Waals surface area (Å²) in [5.41, 5.74) is 0.793. The maximum absolute atomic E-state index is 12.6. The maximum atomic E-state index is 12.6. The number of aromatic amines is 1. The molecule has 8 N–H and O–H groups in total. The Morgan fingerprint density at radius 1 is 1.00 bits per heavy atom. The molecular weight excluding hydrogens is 522 g/mol. The Kier molecular flexibility index (Phi) is 12.9. The van der Waals surface area contributed by atoms with E-state index in [4.69, 9.17) is 4.74 Å². The van der Waals surface area contributed by atoms with E-state index in [1.807, 2.05) is 0 Å². The highest BCUT2D eigenvalue weighted by molar-refractivity contribution is 5.85. The number of rotatable bonds is 17. The van der Waals surface area contributed by atoms with Crippen molar-refractivity contribution in [1.29, 1.82) is 0 Å². The van der Waals surface area contributed by atoms with E-state index < -0.39 is 49.2 Å². The highest BCUT2D eigenvalue weighted by Gasteiger charge is 2.48. The van der Waals surface area contributed by atoms with Crippen molar-refractivity contribution in [3.8, 4) is 0 Å². The Bertz CT molecular complexity index is 1060. The lowest BCUT2D eigenvalue weighted by Gasteiger charge is -2.44. The van der Waals surface area contributed by atoms with Crippen LogP contribution in [0.1, 0.15) is 71.1 Å². The summed E-state index contributed by atoms with van der Waals surface area (Å²) in [6, 6.07) is -1.27. The largest absolute Gasteiger partial charge is 0.394 e. The van der Waals surface area contributed by atoms with E-state index in [0.717, 1.165) is 25.7 Å². The monoisotopic (exact) mass is 565 g/mol. The number of fused-ring (bicyclic) bond motifs is 1. The van der Waals surface area contributed by atoms with Crippen molar-refractivity contribution in [2.45, 2.75) is 108 Å². The van der Waals surface area contributed by atoms with Gasteiger partial charge in [-0.3, -0.25) is 9.59 Å². The molecule has 1 saturated heterocycles. The van der Waals surface area contributed by atoms with Gasteiger partial charge in [0.15, 0.2) is 17.7 Å². The van der Waals surface area contributed by atoms with E-state index >= 15 is 0 Å². The molecule has 3 heterocycles. The number of hydrogen-bond acceptors (Lipinski definition) is 11. The maximum Gasteiger partial charge on any atom is 0.239 e. The minimum Gasteiger partial charge on any atom is -0.394 e. The van der Waals surface area contributed by atoms with Crippen molar-refractivity contribution in [3.63, 3.8) is 0 Å². The molecule has 3 rings (SSSR count). The van der Waals surface area contributed by atoms with Crippen LogP contribution in [0.5, 0.6) is 0 Å². The Morgan fingerprint density at radius 3 is 2.40 bits per heavy atom. The number of carbonyl (C=O) groups excluding carboxylic acids is 2. The van der Waals surface area contributed by atoms with Gasteiger partial charge in [-0.05, 0) is 6.42 Å². The molecule has 0 aliphatic carbocycles. The zero-order valence-electron chi connectivity index (χ0n) is 23.0. The van der Waals surface area contributed by atoms with E-state index in [-0.39, 0.29) is 18.3 Å². The van der Waals surface area contributed by atoms with Gasteiger partial charge in [0.25, 0.3) is 0 Å². The van der Waals surface area contributed by atoms with Crippen molar-refractivity contribution in [2.75, 3.05) is 18.5 Å². The van der Waals surface area contributed by atoms with Crippen LogP contribution in [0.2, 0.25) is 0 Å². The van der Waals surface area contributed by atoms with Gasteiger partial charge in [0, 0.05) is 6.42 Å². The third kappa shape index (κ3) is 9.06. The van der Waals surface area contributed by atoms with E-state index in [0.29, 0.717) is 17.6 Å². The third-order valence-electron chi connectivity index (χ3n) is 7.04. The van der Waals surface area contributed by atoms with E-state index in [9.17, 15) is 30.0 Å². The number of anilines is 1. The minimum atomic E-state index is -1.59. The fraction of sp³-hybridized carbons (Fsp3) is 0.731. The van der Waals surface area contributed by atoms with Crippen LogP contribution < -0.4 is 16.0 Å². The lowest BCUT2D eigenvalue weighted by Crippen LogP contribution is -2.68. The van der Waals surface area contributed by atoms with Crippen LogP contribution >= 0.6 is 0 Å². The summed E-state index contributed by atoms with van der Waals surface area (Å²) in [5, 5.41) is 49.4. The molecule has 0 spiro atoms. The summed E-state index contributed by atoms with van der Waals surface area (Å²) in [6.07, 6.45) is 5.99. The lowest BCUT2D eigenvalue weighted by molar-refractivity contribution is -0.204. The summed E-state index contributed by atoms with van der Waals surface area (Å²) in [6.45, 7) is 1.12. The molecule has 0 unspecified atom stereocenters. The Morgan fingerprint density at radius 2 is 1.70 bits per heavy atom. The van der Waals surface area contributed by atoms with E-state index in [1.165, 1.54) is 44.8 Å². The van der Waals surface area contributed by atoms with Gasteiger partial charge in [-0.1, -0.05) is 58.3 Å². The fourth-order valence-electron chi connectivity index (χ4n) is 4.75. The van der Waals surface area contributed by atoms with E-state index in [1.54, 1.807) is 0 Å². The Balaban J connectivity index is 1.46. The van der Waals surface area contributed by atoms with Gasteiger partial charge in [0.2, 0.25) is 11.8 Å². The Hall–Kier alpha value is -2.91. The number of unbranched alkanes of at least 4 members (excludes halogenated alkanes) is 8. The molecule has 1 aliphatic heterocycles. The first kappa shape index (κ1) is 31.6. The first-order valence-electron chi connectivity index (χ1n) is 14.1. The normalized spacial score (nSPS) is 23.6. The first-order valence-corrected chi connectivity index (χ1v) is 14.1. The van der Waals surface area contributed by atoms with Crippen LogP contribution in [0.15, 0.2) is 12.7 Å². The number of nitrogens with zero attached hydrogens (tertiary/aromatic N) is 3. The molecule has 1 fully saturated rings. The molecule has 40 heavy (non-hydrogen) atoms. The number of imidazole rings is 1. The van der Waals surface area contributed by atoms with Crippen molar-refractivity contribution in [2.24, 2.45) is 0 Å². The van der Waals surface area contributed by atoms with Crippen LogP contribution in [0.3, 0.4) is 0 Å². The lowest BCUT2D eigenvalue weighted by atomic mass is 9.92. The van der Waals surface area contributed by atoms with Crippen molar-refractivity contribution < 1.29 is 34.8 Å². The molecule has 0 saturated carbocycles. The van der Waals surface area contributed by atoms with Crippen LogP contribution in [0.4, 0.5) is 5.82 Å². The van der Waals surface area contributed by atoms with Gasteiger partial charge in [0.1, 0.15) is 36.3 Å². The van der Waals surface area contributed by atoms with Crippen LogP contribution in [-0.2, 0) is 14.3 Å². The molecule has 224 valence electrons. The second kappa shape index (κ2) is 16.4. The predicted octanol–water partition coefficient (Wildman–Crippen LogP) is 0.0866. The molecule has 0 bridgehead atoms. The summed E-state index contributed by atoms with van der Waals surface area (Å²) in [7, 11) is 0. The van der Waals surface area contributed by atoms with Crippen molar-refractivity contribution in [1.82, 2.24) is 30.6 Å². The molecular formula is C26H43N7O7. The number of nitrogens with one attached hydrogen (secondary N) is 4. The van der Waals surface area contributed by atoms with Crippen LogP contribution in [0, 0.1) is 0 Å². The SMILES string of the molecule is CCCCCCCCCCCC(=O)NCC(=O)N[C@@H]1[C@@H](O)[C@@H](O)[C@@H](Nc2ncnc3nc[nH]c23)O[C@H]1[C@@H](O)CO. The number of H-pyrrole nitrogens is 1. The quantitative estimate of drug-likeness (QED) is 0.120. The number of amides is 2. The summed E-state index contributed by atoms with van der Waals surface area (Å²) < 4.78 is 5.77. The molecule has 2 amide bonds. The van der Waals surface area contributed by atoms with Crippen molar-refractivity contribution >= 4 is 28.8 Å². The van der Waals surface area contributed by atoms with Crippen LogP contribution in [-0.4, -0.2) is 102 Å². The minimum absolute atomic E-state index is 0.230. The average molecular weight is 566 g/mol. The number of aliphatic hydroxyl groups excluding tert-OH is 4. The Labute approximate surface area is 233 Å². The molecule has 0 radical (unpaired) electrons. The highest BCUT2D eigenvalue weighted by atomic mass is 16.5. The molecule has 1 aliphatic rings. The van der Waals surface area contributed by atoms with Crippen molar-refractivity contribution in [3.05, 3.63) is 12.7 Å². The molecule has 14 nitrogen and oxygen atoms in total. The molecule has 2 aromatic rings. The summed E-state index contributed by atoms with van der Waals surface area (Å²) in [4.78, 5) is 39.7. The van der Waals surface area contributed by atoms with Gasteiger partial charge < -0.3 is 46.1 Å². The summed E-state index contributed by atoms with van der Waals surface area (Å²) >= 11 is 0. The second-order valence-corrected chi connectivity index (χ2v) is 10.2. The smallest absolute Gasteiger partial charge is 0.239 e. The topological polar surface area (TPSA) is 215 Å². The van der Waals surface area contributed by atoms with E-state index in [2.05, 4.69) is 42.8 Å². The number of aromatic nitrogens is 4. The number of aliphatic hydroxyl groups is 4. The third-order valence-corrected chi connectivity index (χ3v) is 7.04. The number of ether oxygens (including phenoxy) is 1. The second-order valence-electron chi connectivity index (χ2n) is 10.2. The highest BCUT2D eigenvalue weighted by Crippen LogP contribution is 2.26. The average Bonchev–Trinajstić information content (AvgIpc) is 3.44. The predicted molar refractivity (Wildman–Crippen MR) is 146 cm³/mol. The molecule has 0 aromatic carbocycles. The van der Waals surface area contributed by atoms with Gasteiger partial charge in [-0.15, -0.1) is 0 Å². The number of hydrogen-bond donors (Lipinski definition) is 8. The summed E-state index contributed by atoms with van der Waals surface area (Å²) in [5.74, 6) is -0.672. The zero-order chi connectivity index (χ0) is 28.9. The zero-order valence-corrected chi connectivity index (χ0v) is 23.0. The fourth-order valence-corrected chi connectivity index (χ4v) is 4.75. The molecule has 6 atom stereocenters. The van der Waals surface area contributed by atoms with Gasteiger partial charge >= 0.3 is 0 Å². The van der Waals surface area contributed by atoms with Crippen LogP contribution in [0.25, 0.3) is 11.2 Å². The first-order chi connectivity index (χ1) is 19.3. The van der Waals surface area contributed by atoms with Gasteiger partial charge in [0.05, 0.1) is 25.5 Å². The molecule has 2 aromatic heterocycles. The van der Waals surface area contributed by atoms with Gasteiger partial charge in [-0.2, -0.15) is 0 Å².